The average molecular weight is 170 g/mol. The fourth-order valence-corrected chi connectivity index (χ4v) is 1.62. The summed E-state index contributed by atoms with van der Waals surface area (Å²) in [6.07, 6.45) is 1.53. The fourth-order valence-electron chi connectivity index (χ4n) is 1.62. The maximum atomic E-state index is 11.2. The first kappa shape index (κ1) is 9.03. The molecule has 2 atom stereocenters. The molecule has 0 spiro atoms. The number of carbonyl (C=O) groups excluding carboxylic acids is 2. The number of hydrogen-bond acceptors (Lipinski definition) is 2. The number of nitrogens with zero attached hydrogens (tertiary/aromatic N) is 1. The van der Waals surface area contributed by atoms with Crippen LogP contribution in [-0.4, -0.2) is 36.9 Å². The van der Waals surface area contributed by atoms with Gasteiger partial charge in [-0.3, -0.25) is 9.59 Å². The van der Waals surface area contributed by atoms with Crippen molar-refractivity contribution in [2.75, 3.05) is 13.6 Å². The second-order valence-corrected chi connectivity index (χ2v) is 3.27. The fraction of sp³-hybridized carbons (Fsp3) is 0.750. The van der Waals surface area contributed by atoms with Crippen LogP contribution in [0, 0.1) is 5.92 Å². The van der Waals surface area contributed by atoms with Gasteiger partial charge in [0, 0.05) is 13.6 Å². The van der Waals surface area contributed by atoms with Crippen molar-refractivity contribution in [2.24, 2.45) is 5.92 Å². The van der Waals surface area contributed by atoms with Gasteiger partial charge in [0.2, 0.25) is 12.3 Å². The molecule has 1 rings (SSSR count). The molecule has 4 heteroatoms. The van der Waals surface area contributed by atoms with Crippen molar-refractivity contribution in [3.63, 3.8) is 0 Å². The predicted octanol–water partition coefficient (Wildman–Crippen LogP) is -0.401. The second-order valence-electron chi connectivity index (χ2n) is 3.27. The van der Waals surface area contributed by atoms with E-state index in [1.165, 1.54) is 0 Å². The van der Waals surface area contributed by atoms with Crippen LogP contribution in [0.5, 0.6) is 0 Å². The van der Waals surface area contributed by atoms with Crippen LogP contribution in [0.3, 0.4) is 0 Å². The number of nitrogens with one attached hydrogen (secondary N) is 1. The van der Waals surface area contributed by atoms with Gasteiger partial charge in [-0.15, -0.1) is 0 Å². The molecule has 1 heterocycles. The van der Waals surface area contributed by atoms with Crippen LogP contribution in [0.25, 0.3) is 0 Å². The summed E-state index contributed by atoms with van der Waals surface area (Å²) >= 11 is 0. The summed E-state index contributed by atoms with van der Waals surface area (Å²) in [6.45, 7) is 2.74. The van der Waals surface area contributed by atoms with Crippen molar-refractivity contribution in [1.29, 1.82) is 0 Å². The molecule has 0 aliphatic carbocycles. The minimum absolute atomic E-state index is 0.0635. The first-order valence-electron chi connectivity index (χ1n) is 4.11. The molecule has 1 aliphatic heterocycles. The summed E-state index contributed by atoms with van der Waals surface area (Å²) in [5, 5.41) is 2.55. The Kier molecular flexibility index (Phi) is 2.68. The van der Waals surface area contributed by atoms with Crippen LogP contribution < -0.4 is 5.32 Å². The van der Waals surface area contributed by atoms with Gasteiger partial charge in [0.05, 0.1) is 0 Å². The van der Waals surface area contributed by atoms with E-state index in [-0.39, 0.29) is 11.9 Å². The molecule has 4 nitrogen and oxygen atoms in total. The number of carbonyl (C=O) groups is 2. The lowest BCUT2D eigenvalue weighted by molar-refractivity contribution is -0.130. The van der Waals surface area contributed by atoms with Gasteiger partial charge in [0.25, 0.3) is 0 Å². The smallest absolute Gasteiger partial charge is 0.242 e. The minimum Gasteiger partial charge on any atom is -0.357 e. The van der Waals surface area contributed by atoms with Crippen LogP contribution in [0.4, 0.5) is 0 Å². The zero-order chi connectivity index (χ0) is 9.14. The molecule has 12 heavy (non-hydrogen) atoms. The van der Waals surface area contributed by atoms with Gasteiger partial charge in [-0.05, 0) is 12.3 Å². The first-order chi connectivity index (χ1) is 5.69. The minimum atomic E-state index is -0.248. The molecule has 1 unspecified atom stereocenters. The Morgan fingerprint density at radius 3 is 2.83 bits per heavy atom. The SMILES string of the molecule is CNC(=O)[C@@H]1CC(C)CN1C=O. The van der Waals surface area contributed by atoms with Gasteiger partial charge < -0.3 is 10.2 Å². The van der Waals surface area contributed by atoms with Crippen LogP contribution in [0.1, 0.15) is 13.3 Å². The molecule has 1 saturated heterocycles. The Hall–Kier alpha value is -1.06. The first-order valence-corrected chi connectivity index (χ1v) is 4.11. The van der Waals surface area contributed by atoms with Crippen LogP contribution in [0.2, 0.25) is 0 Å². The average Bonchev–Trinajstić information content (AvgIpc) is 2.45. The van der Waals surface area contributed by atoms with Gasteiger partial charge in [0.15, 0.2) is 0 Å². The summed E-state index contributed by atoms with van der Waals surface area (Å²) in [5.74, 6) is 0.365. The van der Waals surface area contributed by atoms with Crippen LogP contribution >= 0.6 is 0 Å². The second kappa shape index (κ2) is 3.56. The molecular formula is C8H14N2O2. The zero-order valence-electron chi connectivity index (χ0n) is 7.41. The number of hydrogen-bond donors (Lipinski definition) is 1. The van der Waals surface area contributed by atoms with Crippen molar-refractivity contribution < 1.29 is 9.59 Å². The van der Waals surface area contributed by atoms with E-state index in [1.54, 1.807) is 11.9 Å². The summed E-state index contributed by atoms with van der Waals surface area (Å²) in [7, 11) is 1.59. The molecule has 0 radical (unpaired) electrons. The van der Waals surface area contributed by atoms with Crippen molar-refractivity contribution >= 4 is 12.3 Å². The normalized spacial score (nSPS) is 28.7. The summed E-state index contributed by atoms with van der Waals surface area (Å²) < 4.78 is 0. The molecular weight excluding hydrogens is 156 g/mol. The third-order valence-electron chi connectivity index (χ3n) is 2.23. The summed E-state index contributed by atoms with van der Waals surface area (Å²) in [4.78, 5) is 23.3. The molecule has 0 aromatic carbocycles. The Bertz CT molecular complexity index is 193. The third kappa shape index (κ3) is 1.57. The Balaban J connectivity index is 2.63. The maximum Gasteiger partial charge on any atom is 0.242 e. The largest absolute Gasteiger partial charge is 0.357 e. The molecule has 2 amide bonds. The molecule has 0 bridgehead atoms. The summed E-state index contributed by atoms with van der Waals surface area (Å²) in [6, 6.07) is -0.248. The topological polar surface area (TPSA) is 49.4 Å². The van der Waals surface area contributed by atoms with Crippen molar-refractivity contribution in [3.05, 3.63) is 0 Å². The lowest BCUT2D eigenvalue weighted by Gasteiger charge is -2.17. The van der Waals surface area contributed by atoms with E-state index >= 15 is 0 Å². The number of amides is 2. The van der Waals surface area contributed by atoms with Gasteiger partial charge in [-0.1, -0.05) is 6.92 Å². The lowest BCUT2D eigenvalue weighted by Crippen LogP contribution is -2.41. The monoisotopic (exact) mass is 170 g/mol. The van der Waals surface area contributed by atoms with E-state index in [9.17, 15) is 9.59 Å². The molecule has 68 valence electrons. The molecule has 0 aromatic rings. The summed E-state index contributed by atoms with van der Waals surface area (Å²) in [5.41, 5.74) is 0. The maximum absolute atomic E-state index is 11.2. The van der Waals surface area contributed by atoms with E-state index < -0.39 is 0 Å². The molecule has 1 N–H and O–H groups in total. The van der Waals surface area contributed by atoms with E-state index in [0.717, 1.165) is 12.8 Å². The predicted molar refractivity (Wildman–Crippen MR) is 44.4 cm³/mol. The van der Waals surface area contributed by atoms with E-state index in [2.05, 4.69) is 5.32 Å². The highest BCUT2D eigenvalue weighted by molar-refractivity contribution is 5.83. The number of rotatable bonds is 2. The van der Waals surface area contributed by atoms with E-state index in [0.29, 0.717) is 12.5 Å². The van der Waals surface area contributed by atoms with Crippen molar-refractivity contribution in [1.82, 2.24) is 10.2 Å². The molecule has 1 fully saturated rings. The van der Waals surface area contributed by atoms with E-state index in [1.807, 2.05) is 6.92 Å². The highest BCUT2D eigenvalue weighted by atomic mass is 16.2. The molecule has 0 saturated carbocycles. The van der Waals surface area contributed by atoms with Gasteiger partial charge in [0.1, 0.15) is 6.04 Å². The standard InChI is InChI=1S/C8H14N2O2/c1-6-3-7(8(12)9-2)10(4-6)5-11/h5-7H,3-4H2,1-2H3,(H,9,12)/t6?,7-/m0/s1. The van der Waals surface area contributed by atoms with Crippen molar-refractivity contribution in [3.8, 4) is 0 Å². The number of likely N-dealkylation sites (tertiary alicyclic amines) is 1. The molecule has 0 aromatic heterocycles. The molecule has 1 aliphatic rings. The van der Waals surface area contributed by atoms with Gasteiger partial charge in [-0.25, -0.2) is 0 Å². The van der Waals surface area contributed by atoms with Crippen molar-refractivity contribution in [2.45, 2.75) is 19.4 Å². The van der Waals surface area contributed by atoms with Crippen LogP contribution in [0.15, 0.2) is 0 Å². The Morgan fingerprint density at radius 1 is 1.67 bits per heavy atom. The zero-order valence-corrected chi connectivity index (χ0v) is 7.41. The van der Waals surface area contributed by atoms with Gasteiger partial charge >= 0.3 is 0 Å². The Morgan fingerprint density at radius 2 is 2.33 bits per heavy atom. The number of likely N-dealkylation sites (N-methyl/N-ethyl adjacent to an activating group) is 1. The van der Waals surface area contributed by atoms with E-state index in [4.69, 9.17) is 0 Å². The Labute approximate surface area is 71.9 Å². The lowest BCUT2D eigenvalue weighted by atomic mass is 10.1. The van der Waals surface area contributed by atoms with Gasteiger partial charge in [-0.2, -0.15) is 0 Å². The van der Waals surface area contributed by atoms with Crippen LogP contribution in [-0.2, 0) is 9.59 Å². The highest BCUT2D eigenvalue weighted by Gasteiger charge is 2.32. The third-order valence-corrected chi connectivity index (χ3v) is 2.23. The quantitative estimate of drug-likeness (QED) is 0.573. The highest BCUT2D eigenvalue weighted by Crippen LogP contribution is 2.20.